The van der Waals surface area contributed by atoms with Crippen molar-refractivity contribution in [2.75, 3.05) is 6.54 Å². The molecule has 1 aromatic carbocycles. The van der Waals surface area contributed by atoms with Crippen LogP contribution in [0, 0.1) is 12.3 Å². The predicted molar refractivity (Wildman–Crippen MR) is 89.0 cm³/mol. The fourth-order valence-electron chi connectivity index (χ4n) is 2.89. The van der Waals surface area contributed by atoms with Gasteiger partial charge in [0.1, 0.15) is 0 Å². The molecule has 1 aromatic rings. The first-order valence-electron chi connectivity index (χ1n) is 8.06. The lowest BCUT2D eigenvalue weighted by atomic mass is 9.78. The molecule has 21 heavy (non-hydrogen) atoms. The number of hydrogen-bond donors (Lipinski definition) is 2. The summed E-state index contributed by atoms with van der Waals surface area (Å²) in [7, 11) is 0. The minimum absolute atomic E-state index is 0.0118. The van der Waals surface area contributed by atoms with Crippen LogP contribution in [0.25, 0.3) is 0 Å². The molecule has 0 saturated heterocycles. The van der Waals surface area contributed by atoms with Gasteiger partial charge in [0, 0.05) is 6.54 Å². The number of carbonyl (C=O) groups excluding carboxylic acids is 1. The zero-order valence-electron chi connectivity index (χ0n) is 13.9. The number of benzene rings is 1. The predicted octanol–water partition coefficient (Wildman–Crippen LogP) is 3.72. The highest BCUT2D eigenvalue weighted by atomic mass is 16.2. The van der Waals surface area contributed by atoms with E-state index in [9.17, 15) is 4.79 Å². The van der Waals surface area contributed by atoms with Gasteiger partial charge >= 0.3 is 0 Å². The van der Waals surface area contributed by atoms with Gasteiger partial charge < -0.3 is 11.1 Å². The van der Waals surface area contributed by atoms with Crippen LogP contribution in [0.3, 0.4) is 0 Å². The van der Waals surface area contributed by atoms with Crippen molar-refractivity contribution in [2.24, 2.45) is 11.1 Å². The largest absolute Gasteiger partial charge is 0.349 e. The maximum absolute atomic E-state index is 12.7. The van der Waals surface area contributed by atoms with Crippen molar-refractivity contribution in [1.82, 2.24) is 5.32 Å². The van der Waals surface area contributed by atoms with Crippen molar-refractivity contribution in [3.8, 4) is 0 Å². The molecule has 3 N–H and O–H groups in total. The summed E-state index contributed by atoms with van der Waals surface area (Å²) >= 11 is 0. The molecule has 118 valence electrons. The molecule has 3 heteroatoms. The Morgan fingerprint density at radius 1 is 1.19 bits per heavy atom. The van der Waals surface area contributed by atoms with Gasteiger partial charge in [-0.15, -0.1) is 0 Å². The van der Waals surface area contributed by atoms with Crippen molar-refractivity contribution in [3.63, 3.8) is 0 Å². The summed E-state index contributed by atoms with van der Waals surface area (Å²) in [6.07, 6.45) is 3.65. The molecule has 1 atom stereocenters. The number of nitrogens with two attached hydrogens (primary N) is 1. The number of rotatable bonds is 8. The average molecular weight is 290 g/mol. The van der Waals surface area contributed by atoms with E-state index in [1.807, 2.05) is 6.92 Å². The van der Waals surface area contributed by atoms with Crippen molar-refractivity contribution < 1.29 is 4.79 Å². The molecule has 0 bridgehead atoms. The van der Waals surface area contributed by atoms with E-state index in [0.29, 0.717) is 6.54 Å². The monoisotopic (exact) mass is 290 g/mol. The van der Waals surface area contributed by atoms with Gasteiger partial charge in [-0.2, -0.15) is 0 Å². The lowest BCUT2D eigenvalue weighted by Crippen LogP contribution is -2.46. The molecule has 0 aliphatic heterocycles. The highest BCUT2D eigenvalue weighted by Gasteiger charge is 2.35. The van der Waals surface area contributed by atoms with E-state index < -0.39 is 5.41 Å². The second-order valence-corrected chi connectivity index (χ2v) is 6.09. The first-order chi connectivity index (χ1) is 9.99. The molecule has 0 aromatic heterocycles. The van der Waals surface area contributed by atoms with Crippen LogP contribution in [-0.4, -0.2) is 12.5 Å². The Bertz CT molecular complexity index is 433. The normalized spacial score (nSPS) is 13.0. The number of amides is 1. The molecule has 1 unspecified atom stereocenters. The molecule has 0 fully saturated rings. The fourth-order valence-corrected chi connectivity index (χ4v) is 2.89. The third kappa shape index (κ3) is 4.57. The Hall–Kier alpha value is -1.35. The van der Waals surface area contributed by atoms with Gasteiger partial charge in [0.05, 0.1) is 11.5 Å². The Kier molecular flexibility index (Phi) is 6.90. The highest BCUT2D eigenvalue weighted by molar-refractivity contribution is 5.83. The zero-order valence-corrected chi connectivity index (χ0v) is 13.9. The van der Waals surface area contributed by atoms with E-state index in [4.69, 9.17) is 5.73 Å². The van der Waals surface area contributed by atoms with Gasteiger partial charge in [-0.1, -0.05) is 56.5 Å². The van der Waals surface area contributed by atoms with E-state index in [1.165, 1.54) is 5.56 Å². The highest BCUT2D eigenvalue weighted by Crippen LogP contribution is 2.30. The lowest BCUT2D eigenvalue weighted by molar-refractivity contribution is -0.132. The van der Waals surface area contributed by atoms with E-state index in [2.05, 4.69) is 50.4 Å². The molecule has 0 heterocycles. The van der Waals surface area contributed by atoms with Crippen LogP contribution >= 0.6 is 0 Å². The van der Waals surface area contributed by atoms with Crippen LogP contribution in [0.5, 0.6) is 0 Å². The molecule has 0 aliphatic rings. The number of nitrogens with one attached hydrogen (secondary N) is 1. The van der Waals surface area contributed by atoms with E-state index >= 15 is 0 Å². The molecule has 0 radical (unpaired) electrons. The van der Waals surface area contributed by atoms with Crippen molar-refractivity contribution in [3.05, 3.63) is 35.4 Å². The summed E-state index contributed by atoms with van der Waals surface area (Å²) in [5.41, 5.74) is 7.90. The van der Waals surface area contributed by atoms with Gasteiger partial charge in [0.15, 0.2) is 0 Å². The summed E-state index contributed by atoms with van der Waals surface area (Å²) < 4.78 is 0. The first kappa shape index (κ1) is 17.7. The lowest BCUT2D eigenvalue weighted by Gasteiger charge is -2.32. The van der Waals surface area contributed by atoms with Gasteiger partial charge in [0.2, 0.25) is 5.91 Å². The average Bonchev–Trinajstić information content (AvgIpc) is 2.47. The van der Waals surface area contributed by atoms with Gasteiger partial charge in [0.25, 0.3) is 0 Å². The minimum Gasteiger partial charge on any atom is -0.349 e. The summed E-state index contributed by atoms with van der Waals surface area (Å²) in [6, 6.07) is 8.31. The smallest absolute Gasteiger partial charge is 0.227 e. The molecular formula is C18H30N2O. The minimum atomic E-state index is -0.414. The summed E-state index contributed by atoms with van der Waals surface area (Å²) in [5, 5.41) is 3.16. The number of hydrogen-bond acceptors (Lipinski definition) is 2. The van der Waals surface area contributed by atoms with Crippen molar-refractivity contribution in [2.45, 2.75) is 59.4 Å². The number of aryl methyl sites for hydroxylation is 1. The molecule has 1 amide bonds. The first-order valence-corrected chi connectivity index (χ1v) is 8.06. The molecular weight excluding hydrogens is 260 g/mol. The molecule has 0 aliphatic carbocycles. The van der Waals surface area contributed by atoms with Gasteiger partial charge in [-0.25, -0.2) is 0 Å². The van der Waals surface area contributed by atoms with Crippen LogP contribution in [0.1, 0.15) is 63.6 Å². The van der Waals surface area contributed by atoms with Crippen LogP contribution in [0.2, 0.25) is 0 Å². The van der Waals surface area contributed by atoms with Crippen LogP contribution < -0.4 is 11.1 Å². The number of carbonyl (C=O) groups is 1. The maximum atomic E-state index is 12.7. The molecule has 0 saturated carbocycles. The van der Waals surface area contributed by atoms with E-state index in [0.717, 1.165) is 31.2 Å². The standard InChI is InChI=1S/C18H30N2O/c1-5-11-18(13-19,12-6-2)17(21)20-15(4)16-9-7-14(3)8-10-16/h7-10,15H,5-6,11-13,19H2,1-4H3,(H,20,21). The second-order valence-electron chi connectivity index (χ2n) is 6.09. The fraction of sp³-hybridized carbons (Fsp3) is 0.611. The molecule has 0 spiro atoms. The Balaban J connectivity index is 2.82. The third-order valence-corrected chi connectivity index (χ3v) is 4.25. The SMILES string of the molecule is CCCC(CN)(CCC)C(=O)NC(C)c1ccc(C)cc1. The quantitative estimate of drug-likeness (QED) is 0.766. The Morgan fingerprint density at radius 2 is 1.71 bits per heavy atom. The topological polar surface area (TPSA) is 55.1 Å². The summed E-state index contributed by atoms with van der Waals surface area (Å²) in [5.74, 6) is 0.0989. The van der Waals surface area contributed by atoms with Crippen LogP contribution in [0.4, 0.5) is 0 Å². The summed E-state index contributed by atoms with van der Waals surface area (Å²) in [4.78, 5) is 12.7. The Morgan fingerprint density at radius 3 is 2.14 bits per heavy atom. The van der Waals surface area contributed by atoms with Gasteiger partial charge in [-0.3, -0.25) is 4.79 Å². The van der Waals surface area contributed by atoms with Gasteiger partial charge in [-0.05, 0) is 32.3 Å². The van der Waals surface area contributed by atoms with E-state index in [-0.39, 0.29) is 11.9 Å². The van der Waals surface area contributed by atoms with Crippen molar-refractivity contribution in [1.29, 1.82) is 0 Å². The van der Waals surface area contributed by atoms with Crippen LogP contribution in [-0.2, 0) is 4.79 Å². The van der Waals surface area contributed by atoms with Crippen molar-refractivity contribution >= 4 is 5.91 Å². The second kappa shape index (κ2) is 8.18. The third-order valence-electron chi connectivity index (χ3n) is 4.25. The molecule has 3 nitrogen and oxygen atoms in total. The van der Waals surface area contributed by atoms with E-state index in [1.54, 1.807) is 0 Å². The zero-order chi connectivity index (χ0) is 15.9. The van der Waals surface area contributed by atoms with Crippen LogP contribution in [0.15, 0.2) is 24.3 Å². The summed E-state index contributed by atoms with van der Waals surface area (Å²) in [6.45, 7) is 8.73. The maximum Gasteiger partial charge on any atom is 0.227 e. The Labute approximate surface area is 129 Å². The molecule has 1 rings (SSSR count).